The molecule has 5 nitrogen and oxygen atoms in total. The Morgan fingerprint density at radius 2 is 1.91 bits per heavy atom. The molecule has 1 aromatic carbocycles. The highest BCUT2D eigenvalue weighted by molar-refractivity contribution is 7.13. The average molecular weight is 327 g/mol. The molecule has 2 heterocycles. The van der Waals surface area contributed by atoms with E-state index >= 15 is 0 Å². The van der Waals surface area contributed by atoms with Gasteiger partial charge in [-0.15, -0.1) is 11.3 Å². The molecule has 0 spiro atoms. The summed E-state index contributed by atoms with van der Waals surface area (Å²) in [5.74, 6) is 0.925. The van der Waals surface area contributed by atoms with Gasteiger partial charge in [0.25, 0.3) is 5.89 Å². The van der Waals surface area contributed by atoms with E-state index in [4.69, 9.17) is 4.52 Å². The van der Waals surface area contributed by atoms with Gasteiger partial charge in [-0.2, -0.15) is 4.98 Å². The Balaban J connectivity index is 1.51. The molecule has 1 aliphatic carbocycles. The summed E-state index contributed by atoms with van der Waals surface area (Å²) >= 11 is 1.61. The van der Waals surface area contributed by atoms with E-state index in [1.165, 1.54) is 0 Å². The number of nitrogens with zero attached hydrogens (tertiary/aromatic N) is 3. The minimum atomic E-state index is -0.928. The lowest BCUT2D eigenvalue weighted by atomic mass is 10.0. The van der Waals surface area contributed by atoms with Crippen LogP contribution in [0.4, 0.5) is 0 Å². The number of thiazole rings is 1. The van der Waals surface area contributed by atoms with Gasteiger partial charge in [0.2, 0.25) is 0 Å². The fourth-order valence-corrected chi connectivity index (χ4v) is 3.78. The maximum Gasteiger partial charge on any atom is 0.258 e. The number of rotatable bonds is 4. The highest BCUT2D eigenvalue weighted by Gasteiger charge is 2.38. The third-order valence-electron chi connectivity index (χ3n) is 4.21. The fourth-order valence-electron chi connectivity index (χ4n) is 2.95. The monoisotopic (exact) mass is 327 g/mol. The lowest BCUT2D eigenvalue weighted by Gasteiger charge is -2.15. The normalized spacial score (nSPS) is 16.7. The molecular weight excluding hydrogens is 310 g/mol. The Kier molecular flexibility index (Phi) is 3.71. The summed E-state index contributed by atoms with van der Waals surface area (Å²) < 4.78 is 5.28. The van der Waals surface area contributed by atoms with Gasteiger partial charge < -0.3 is 9.63 Å². The summed E-state index contributed by atoms with van der Waals surface area (Å²) in [4.78, 5) is 9.01. The first-order chi connectivity index (χ1) is 11.2. The Morgan fingerprint density at radius 3 is 2.70 bits per heavy atom. The van der Waals surface area contributed by atoms with Crippen molar-refractivity contribution in [3.63, 3.8) is 0 Å². The van der Waals surface area contributed by atoms with Gasteiger partial charge in [0.1, 0.15) is 10.6 Å². The molecule has 0 aliphatic heterocycles. The molecule has 6 heteroatoms. The van der Waals surface area contributed by atoms with Crippen LogP contribution in [0.15, 0.2) is 40.2 Å². The first-order valence-electron chi connectivity index (χ1n) is 7.78. The van der Waals surface area contributed by atoms with Gasteiger partial charge in [0, 0.05) is 10.9 Å². The molecule has 0 bridgehead atoms. The van der Waals surface area contributed by atoms with Crippen LogP contribution >= 0.6 is 11.3 Å². The van der Waals surface area contributed by atoms with Gasteiger partial charge in [0.05, 0.1) is 12.1 Å². The Labute approximate surface area is 138 Å². The molecule has 23 heavy (non-hydrogen) atoms. The third-order valence-corrected chi connectivity index (χ3v) is 5.15. The molecule has 1 N–H and O–H groups in total. The zero-order valence-electron chi connectivity index (χ0n) is 12.6. The van der Waals surface area contributed by atoms with Crippen LogP contribution in [0.3, 0.4) is 0 Å². The van der Waals surface area contributed by atoms with Crippen LogP contribution in [-0.2, 0) is 12.0 Å². The fraction of sp³-hybridized carbons (Fsp3) is 0.353. The number of aromatic nitrogens is 3. The zero-order chi connectivity index (χ0) is 15.7. The van der Waals surface area contributed by atoms with Crippen LogP contribution in [0.25, 0.3) is 10.6 Å². The highest BCUT2D eigenvalue weighted by Crippen LogP contribution is 2.37. The topological polar surface area (TPSA) is 72.0 Å². The number of hydrogen-bond donors (Lipinski definition) is 1. The van der Waals surface area contributed by atoms with Crippen molar-refractivity contribution in [2.45, 2.75) is 37.7 Å². The van der Waals surface area contributed by atoms with Gasteiger partial charge in [-0.05, 0) is 25.7 Å². The molecule has 3 aromatic rings. The van der Waals surface area contributed by atoms with E-state index in [2.05, 4.69) is 15.1 Å². The summed E-state index contributed by atoms with van der Waals surface area (Å²) in [6, 6.07) is 10.1. The second-order valence-corrected chi connectivity index (χ2v) is 6.80. The minimum Gasteiger partial charge on any atom is -0.380 e. The van der Waals surface area contributed by atoms with E-state index < -0.39 is 5.60 Å². The molecule has 1 aliphatic rings. The predicted octanol–water partition coefficient (Wildman–Crippen LogP) is 3.55. The molecule has 0 amide bonds. The van der Waals surface area contributed by atoms with Crippen LogP contribution in [0, 0.1) is 0 Å². The number of benzene rings is 1. The second-order valence-electron chi connectivity index (χ2n) is 5.94. The van der Waals surface area contributed by atoms with E-state index in [0.717, 1.165) is 29.1 Å². The van der Waals surface area contributed by atoms with Gasteiger partial charge in [0.15, 0.2) is 5.82 Å². The summed E-state index contributed by atoms with van der Waals surface area (Å²) in [5, 5.41) is 17.5. The van der Waals surface area contributed by atoms with Gasteiger partial charge in [-0.25, -0.2) is 4.98 Å². The molecule has 1 saturated carbocycles. The van der Waals surface area contributed by atoms with Crippen molar-refractivity contribution in [3.05, 3.63) is 53.1 Å². The summed E-state index contributed by atoms with van der Waals surface area (Å²) in [6.07, 6.45) is 3.91. The number of aliphatic hydroxyl groups is 1. The third kappa shape index (κ3) is 2.92. The predicted molar refractivity (Wildman–Crippen MR) is 87.0 cm³/mol. The Bertz CT molecular complexity index is 791. The van der Waals surface area contributed by atoms with Crippen molar-refractivity contribution in [3.8, 4) is 10.6 Å². The molecule has 0 unspecified atom stereocenters. The van der Waals surface area contributed by atoms with E-state index in [-0.39, 0.29) is 0 Å². The molecule has 4 rings (SSSR count). The molecule has 0 atom stereocenters. The molecular formula is C17H17N3O2S. The maximum atomic E-state index is 10.5. The zero-order valence-corrected chi connectivity index (χ0v) is 13.4. The largest absolute Gasteiger partial charge is 0.380 e. The number of hydrogen-bond acceptors (Lipinski definition) is 6. The van der Waals surface area contributed by atoms with Crippen molar-refractivity contribution in [2.24, 2.45) is 0 Å². The van der Waals surface area contributed by atoms with Gasteiger partial charge >= 0.3 is 0 Å². The quantitative estimate of drug-likeness (QED) is 0.793. The summed E-state index contributed by atoms with van der Waals surface area (Å²) in [6.45, 7) is 0. The van der Waals surface area contributed by atoms with Crippen LogP contribution in [0.2, 0.25) is 0 Å². The van der Waals surface area contributed by atoms with Gasteiger partial charge in [-0.1, -0.05) is 35.5 Å². The van der Waals surface area contributed by atoms with Crippen molar-refractivity contribution in [1.82, 2.24) is 15.1 Å². The van der Waals surface area contributed by atoms with Crippen LogP contribution in [0.1, 0.15) is 43.1 Å². The summed E-state index contributed by atoms with van der Waals surface area (Å²) in [5.41, 5.74) is 1.10. The molecule has 0 radical (unpaired) electrons. The van der Waals surface area contributed by atoms with Crippen molar-refractivity contribution >= 4 is 11.3 Å². The van der Waals surface area contributed by atoms with Crippen molar-refractivity contribution in [2.75, 3.05) is 0 Å². The van der Waals surface area contributed by atoms with E-state index in [0.29, 0.717) is 31.0 Å². The Morgan fingerprint density at radius 1 is 1.13 bits per heavy atom. The first-order valence-corrected chi connectivity index (χ1v) is 8.66. The lowest BCUT2D eigenvalue weighted by Crippen LogP contribution is -2.21. The van der Waals surface area contributed by atoms with Crippen LogP contribution < -0.4 is 0 Å². The molecule has 0 saturated heterocycles. The molecule has 118 valence electrons. The summed E-state index contributed by atoms with van der Waals surface area (Å²) in [7, 11) is 0. The van der Waals surface area contributed by atoms with Crippen LogP contribution in [-0.4, -0.2) is 20.2 Å². The smallest absolute Gasteiger partial charge is 0.258 e. The second kappa shape index (κ2) is 5.86. The van der Waals surface area contributed by atoms with E-state index in [9.17, 15) is 5.11 Å². The first kappa shape index (κ1) is 14.5. The minimum absolute atomic E-state index is 0.350. The maximum absolute atomic E-state index is 10.5. The lowest BCUT2D eigenvalue weighted by molar-refractivity contribution is 0.0112. The van der Waals surface area contributed by atoms with Gasteiger partial charge in [-0.3, -0.25) is 0 Å². The van der Waals surface area contributed by atoms with Crippen molar-refractivity contribution in [1.29, 1.82) is 0 Å². The van der Waals surface area contributed by atoms with E-state index in [1.807, 2.05) is 35.7 Å². The van der Waals surface area contributed by atoms with E-state index in [1.54, 1.807) is 11.3 Å². The SMILES string of the molecule is OC1(c2nc(Cc3csc(-c4ccccc4)n3)no2)CCCC1. The molecule has 2 aromatic heterocycles. The van der Waals surface area contributed by atoms with Crippen LogP contribution in [0.5, 0.6) is 0 Å². The average Bonchev–Trinajstić information content (AvgIpc) is 3.30. The van der Waals surface area contributed by atoms with Crippen molar-refractivity contribution < 1.29 is 9.63 Å². The Hall–Kier alpha value is -2.05. The molecule has 1 fully saturated rings. The highest BCUT2D eigenvalue weighted by atomic mass is 32.1. The standard InChI is InChI=1S/C17H17N3O2S/c21-17(8-4-5-9-17)16-19-14(20-22-16)10-13-11-23-15(18-13)12-6-2-1-3-7-12/h1-3,6-7,11,21H,4-5,8-10H2.